The molecule has 2 rings (SSSR count). The molecule has 0 bridgehead atoms. The van der Waals surface area contributed by atoms with Crippen molar-refractivity contribution in [3.05, 3.63) is 23.8 Å². The van der Waals surface area contributed by atoms with E-state index < -0.39 is 0 Å². The Hall–Kier alpha value is -2.13. The maximum atomic E-state index is 11.8. The van der Waals surface area contributed by atoms with Gasteiger partial charge in [-0.25, -0.2) is 10.2 Å². The van der Waals surface area contributed by atoms with Crippen LogP contribution in [0.2, 0.25) is 0 Å². The number of carbonyl (C=O) groups excluding carboxylic acids is 2. The minimum atomic E-state index is -0.250. The molecule has 8 nitrogen and oxygen atoms in total. The highest BCUT2D eigenvalue weighted by atomic mass is 32.2. The number of hydrogen-bond acceptors (Lipinski definition) is 6. The van der Waals surface area contributed by atoms with E-state index >= 15 is 0 Å². The second kappa shape index (κ2) is 9.24. The SMILES string of the molecule is COc1ccc(CCNC(=O)CSCC2NNC(=O)N2)cc1OC. The van der Waals surface area contributed by atoms with Crippen molar-refractivity contribution in [3.8, 4) is 11.5 Å². The van der Waals surface area contributed by atoms with Gasteiger partial charge >= 0.3 is 6.03 Å². The molecule has 1 fully saturated rings. The Morgan fingerprint density at radius 2 is 2.08 bits per heavy atom. The van der Waals surface area contributed by atoms with Crippen molar-refractivity contribution >= 4 is 23.7 Å². The molecule has 1 aromatic rings. The molecule has 1 saturated heterocycles. The van der Waals surface area contributed by atoms with Gasteiger partial charge in [-0.15, -0.1) is 11.8 Å². The number of hydrazine groups is 1. The van der Waals surface area contributed by atoms with Crippen LogP contribution in [0.5, 0.6) is 11.5 Å². The van der Waals surface area contributed by atoms with Gasteiger partial charge in [0.05, 0.1) is 20.0 Å². The largest absolute Gasteiger partial charge is 0.493 e. The van der Waals surface area contributed by atoms with Gasteiger partial charge < -0.3 is 20.1 Å². The van der Waals surface area contributed by atoms with E-state index in [0.29, 0.717) is 36.0 Å². The number of hydrogen-bond donors (Lipinski definition) is 4. The van der Waals surface area contributed by atoms with Gasteiger partial charge in [-0.05, 0) is 24.1 Å². The van der Waals surface area contributed by atoms with E-state index in [1.54, 1.807) is 14.2 Å². The zero-order valence-electron chi connectivity index (χ0n) is 13.7. The molecule has 1 aliphatic rings. The van der Waals surface area contributed by atoms with Gasteiger partial charge in [-0.3, -0.25) is 10.2 Å². The van der Waals surface area contributed by atoms with Crippen molar-refractivity contribution in [1.82, 2.24) is 21.5 Å². The standard InChI is InChI=1S/C15H22N4O4S/c1-22-11-4-3-10(7-12(11)23-2)5-6-16-14(20)9-24-8-13-17-15(21)19-18-13/h3-4,7,13,18H,5-6,8-9H2,1-2H3,(H,16,20)(H2,17,19,21). The zero-order chi connectivity index (χ0) is 17.4. The van der Waals surface area contributed by atoms with Gasteiger partial charge in [0.25, 0.3) is 0 Å². The fourth-order valence-corrected chi connectivity index (χ4v) is 2.98. The lowest BCUT2D eigenvalue weighted by molar-refractivity contribution is -0.118. The summed E-state index contributed by atoms with van der Waals surface area (Å²) in [6, 6.07) is 5.45. The molecule has 1 unspecified atom stereocenters. The van der Waals surface area contributed by atoms with Gasteiger partial charge in [0, 0.05) is 12.3 Å². The first-order valence-corrected chi connectivity index (χ1v) is 8.65. The van der Waals surface area contributed by atoms with E-state index in [4.69, 9.17) is 9.47 Å². The first kappa shape index (κ1) is 18.2. The Morgan fingerprint density at radius 1 is 1.29 bits per heavy atom. The monoisotopic (exact) mass is 354 g/mol. The van der Waals surface area contributed by atoms with Crippen molar-refractivity contribution in [2.75, 3.05) is 32.3 Å². The van der Waals surface area contributed by atoms with E-state index in [2.05, 4.69) is 21.5 Å². The fraction of sp³-hybridized carbons (Fsp3) is 0.467. The van der Waals surface area contributed by atoms with Crippen molar-refractivity contribution in [2.45, 2.75) is 12.6 Å². The van der Waals surface area contributed by atoms with Gasteiger partial charge in [0.1, 0.15) is 6.17 Å². The number of rotatable bonds is 9. The zero-order valence-corrected chi connectivity index (χ0v) is 14.5. The highest BCUT2D eigenvalue weighted by molar-refractivity contribution is 8.00. The van der Waals surface area contributed by atoms with Gasteiger partial charge in [0.15, 0.2) is 11.5 Å². The van der Waals surface area contributed by atoms with Gasteiger partial charge in [-0.2, -0.15) is 0 Å². The number of carbonyl (C=O) groups is 2. The normalized spacial score (nSPS) is 16.2. The molecule has 0 saturated carbocycles. The fourth-order valence-electron chi connectivity index (χ4n) is 2.17. The third-order valence-electron chi connectivity index (χ3n) is 3.37. The molecule has 0 aliphatic carbocycles. The molecule has 0 radical (unpaired) electrons. The van der Waals surface area contributed by atoms with Crippen LogP contribution >= 0.6 is 11.8 Å². The Kier molecular flexibility index (Phi) is 7.01. The summed E-state index contributed by atoms with van der Waals surface area (Å²) >= 11 is 1.45. The van der Waals surface area contributed by atoms with Crippen molar-refractivity contribution < 1.29 is 19.1 Å². The van der Waals surface area contributed by atoms with Crippen LogP contribution < -0.4 is 31.0 Å². The summed E-state index contributed by atoms with van der Waals surface area (Å²) in [7, 11) is 3.19. The molecule has 1 heterocycles. The molecule has 1 aliphatic heterocycles. The summed E-state index contributed by atoms with van der Waals surface area (Å²) in [4.78, 5) is 22.7. The van der Waals surface area contributed by atoms with Crippen molar-refractivity contribution in [1.29, 1.82) is 0 Å². The summed E-state index contributed by atoms with van der Waals surface area (Å²) in [6.45, 7) is 0.550. The van der Waals surface area contributed by atoms with Crippen LogP contribution in [-0.2, 0) is 11.2 Å². The Bertz CT molecular complexity index is 585. The predicted molar refractivity (Wildman–Crippen MR) is 92.2 cm³/mol. The Balaban J connectivity index is 1.64. The molecular weight excluding hydrogens is 332 g/mol. The lowest BCUT2D eigenvalue weighted by atomic mass is 10.1. The minimum Gasteiger partial charge on any atom is -0.493 e. The smallest absolute Gasteiger partial charge is 0.330 e. The molecule has 9 heteroatoms. The maximum Gasteiger partial charge on any atom is 0.330 e. The molecule has 0 aromatic heterocycles. The molecule has 1 aromatic carbocycles. The van der Waals surface area contributed by atoms with Gasteiger partial charge in [0.2, 0.25) is 5.91 Å². The van der Waals surface area contributed by atoms with E-state index in [1.807, 2.05) is 18.2 Å². The summed E-state index contributed by atoms with van der Waals surface area (Å²) in [5.41, 5.74) is 6.28. The number of thioether (sulfide) groups is 1. The summed E-state index contributed by atoms with van der Waals surface area (Å²) in [6.07, 6.45) is 0.558. The van der Waals surface area contributed by atoms with Crippen LogP contribution in [0.3, 0.4) is 0 Å². The number of ether oxygens (including phenoxy) is 2. The van der Waals surface area contributed by atoms with Crippen LogP contribution in [0.1, 0.15) is 5.56 Å². The third kappa shape index (κ3) is 5.50. The molecule has 4 N–H and O–H groups in total. The predicted octanol–water partition coefficient (Wildman–Crippen LogP) is 0.239. The van der Waals surface area contributed by atoms with Crippen LogP contribution in [0, 0.1) is 0 Å². The maximum absolute atomic E-state index is 11.8. The van der Waals surface area contributed by atoms with Crippen LogP contribution in [0.15, 0.2) is 18.2 Å². The lowest BCUT2D eigenvalue weighted by Crippen LogP contribution is -2.36. The Morgan fingerprint density at radius 3 is 2.75 bits per heavy atom. The lowest BCUT2D eigenvalue weighted by Gasteiger charge is -2.10. The van der Waals surface area contributed by atoms with Crippen LogP contribution in [-0.4, -0.2) is 50.4 Å². The summed E-state index contributed by atoms with van der Waals surface area (Å²) in [5, 5.41) is 5.55. The topological polar surface area (TPSA) is 101 Å². The Labute approximate surface area is 145 Å². The highest BCUT2D eigenvalue weighted by Crippen LogP contribution is 2.27. The molecule has 24 heavy (non-hydrogen) atoms. The third-order valence-corrected chi connectivity index (χ3v) is 4.40. The average molecular weight is 354 g/mol. The number of amides is 3. The number of methoxy groups -OCH3 is 2. The molecule has 1 atom stereocenters. The van der Waals surface area contributed by atoms with E-state index in [9.17, 15) is 9.59 Å². The highest BCUT2D eigenvalue weighted by Gasteiger charge is 2.18. The van der Waals surface area contributed by atoms with Crippen molar-refractivity contribution in [3.63, 3.8) is 0 Å². The van der Waals surface area contributed by atoms with E-state index in [0.717, 1.165) is 5.56 Å². The number of urea groups is 1. The van der Waals surface area contributed by atoms with E-state index in [-0.39, 0.29) is 18.1 Å². The summed E-state index contributed by atoms with van der Waals surface area (Å²) < 4.78 is 10.5. The number of benzene rings is 1. The first-order valence-electron chi connectivity index (χ1n) is 7.49. The first-order chi connectivity index (χ1) is 11.6. The number of nitrogens with one attached hydrogen (secondary N) is 4. The molecule has 0 spiro atoms. The molecular formula is C15H22N4O4S. The summed E-state index contributed by atoms with van der Waals surface area (Å²) in [5.74, 6) is 2.29. The second-order valence-electron chi connectivity index (χ2n) is 5.10. The van der Waals surface area contributed by atoms with E-state index in [1.165, 1.54) is 11.8 Å². The average Bonchev–Trinajstić information content (AvgIpc) is 3.00. The second-order valence-corrected chi connectivity index (χ2v) is 6.13. The minimum absolute atomic E-state index is 0.0299. The quantitative estimate of drug-likeness (QED) is 0.507. The molecule has 3 amide bonds. The van der Waals surface area contributed by atoms with Crippen molar-refractivity contribution in [2.24, 2.45) is 0 Å². The van der Waals surface area contributed by atoms with Crippen LogP contribution in [0.25, 0.3) is 0 Å². The van der Waals surface area contributed by atoms with Crippen LogP contribution in [0.4, 0.5) is 4.79 Å². The van der Waals surface area contributed by atoms with Gasteiger partial charge in [-0.1, -0.05) is 6.07 Å². The molecule has 132 valence electrons.